The standard InChI is InChI=1S/C58H38N4/c1-3-10-39(11-4-1)41-26-30-47(31-27-41)56-60-57(48-32-28-42(29-33-48)40-12-5-2-6-13-40)62-58(61-56)51-16-9-15-49(36-51)45-22-18-43(19-23-45)44-20-24-46(25-21-44)50-34-35-54-53-17-8-7-14-52(53)38-59-55(54)37-50/h1-38H. The van der Waals surface area contributed by atoms with Gasteiger partial charge in [-0.1, -0.05) is 212 Å². The first-order valence-corrected chi connectivity index (χ1v) is 20.9. The highest BCUT2D eigenvalue weighted by atomic mass is 15.0. The van der Waals surface area contributed by atoms with Gasteiger partial charge in [0, 0.05) is 33.7 Å². The van der Waals surface area contributed by atoms with Gasteiger partial charge in [-0.2, -0.15) is 0 Å². The molecule has 0 atom stereocenters. The molecule has 11 aromatic rings. The zero-order chi connectivity index (χ0) is 41.2. The molecule has 0 spiro atoms. The number of fused-ring (bicyclic) bond motifs is 3. The highest BCUT2D eigenvalue weighted by Crippen LogP contribution is 2.33. The molecule has 11 rings (SSSR count). The Kier molecular flexibility index (Phi) is 9.49. The lowest BCUT2D eigenvalue weighted by molar-refractivity contribution is 1.07. The fourth-order valence-electron chi connectivity index (χ4n) is 8.24. The van der Waals surface area contributed by atoms with E-state index >= 15 is 0 Å². The number of rotatable bonds is 8. The van der Waals surface area contributed by atoms with Gasteiger partial charge in [-0.25, -0.2) is 15.0 Å². The van der Waals surface area contributed by atoms with Gasteiger partial charge >= 0.3 is 0 Å². The molecule has 290 valence electrons. The number of hydrogen-bond donors (Lipinski definition) is 0. The topological polar surface area (TPSA) is 51.6 Å². The fourth-order valence-corrected chi connectivity index (χ4v) is 8.24. The summed E-state index contributed by atoms with van der Waals surface area (Å²) in [5.74, 6) is 1.88. The maximum atomic E-state index is 5.09. The van der Waals surface area contributed by atoms with Crippen LogP contribution in [0.15, 0.2) is 231 Å². The fraction of sp³-hybridized carbons (Fsp3) is 0. The van der Waals surface area contributed by atoms with E-state index in [1.807, 2.05) is 18.3 Å². The molecule has 0 N–H and O–H groups in total. The van der Waals surface area contributed by atoms with Crippen LogP contribution in [0.2, 0.25) is 0 Å². The van der Waals surface area contributed by atoms with E-state index in [9.17, 15) is 0 Å². The van der Waals surface area contributed by atoms with Crippen LogP contribution in [0.25, 0.3) is 111 Å². The summed E-state index contributed by atoms with van der Waals surface area (Å²) >= 11 is 0. The van der Waals surface area contributed by atoms with Crippen LogP contribution >= 0.6 is 0 Å². The Hall–Kier alpha value is -8.34. The molecule has 4 nitrogen and oxygen atoms in total. The smallest absolute Gasteiger partial charge is 0.164 e. The van der Waals surface area contributed by atoms with Crippen LogP contribution in [0, 0.1) is 0 Å². The van der Waals surface area contributed by atoms with E-state index in [1.165, 1.54) is 21.9 Å². The van der Waals surface area contributed by atoms with Crippen LogP contribution in [0.3, 0.4) is 0 Å². The molecule has 9 aromatic carbocycles. The summed E-state index contributed by atoms with van der Waals surface area (Å²) in [6.07, 6.45) is 1.96. The van der Waals surface area contributed by atoms with Crippen LogP contribution < -0.4 is 0 Å². The first-order valence-electron chi connectivity index (χ1n) is 20.9. The summed E-state index contributed by atoms with van der Waals surface area (Å²) in [6.45, 7) is 0. The molecule has 2 aromatic heterocycles. The molecule has 0 unspecified atom stereocenters. The van der Waals surface area contributed by atoms with Crippen molar-refractivity contribution < 1.29 is 0 Å². The molecule has 0 radical (unpaired) electrons. The summed E-state index contributed by atoms with van der Waals surface area (Å²) in [6, 6.07) is 78.7. The van der Waals surface area contributed by atoms with E-state index in [0.29, 0.717) is 17.5 Å². The lowest BCUT2D eigenvalue weighted by atomic mass is 9.96. The second kappa shape index (κ2) is 16.0. The summed E-state index contributed by atoms with van der Waals surface area (Å²) in [5.41, 5.74) is 15.3. The molecule has 0 amide bonds. The lowest BCUT2D eigenvalue weighted by Gasteiger charge is -2.11. The number of nitrogens with zero attached hydrogens (tertiary/aromatic N) is 4. The summed E-state index contributed by atoms with van der Waals surface area (Å²) in [4.78, 5) is 20.0. The molecular weight excluding hydrogens is 753 g/mol. The number of pyridine rings is 1. The van der Waals surface area contributed by atoms with E-state index in [0.717, 1.165) is 72.1 Å². The molecule has 0 saturated heterocycles. The van der Waals surface area contributed by atoms with Crippen LogP contribution in [-0.2, 0) is 0 Å². The summed E-state index contributed by atoms with van der Waals surface area (Å²) in [7, 11) is 0. The average molecular weight is 791 g/mol. The van der Waals surface area contributed by atoms with Gasteiger partial charge in [0.1, 0.15) is 0 Å². The Labute approximate surface area is 360 Å². The normalized spacial score (nSPS) is 11.2. The van der Waals surface area contributed by atoms with Crippen molar-refractivity contribution in [2.45, 2.75) is 0 Å². The SMILES string of the molecule is c1ccc(-c2ccc(-c3nc(-c4ccc(-c5ccccc5)cc4)nc(-c4cccc(-c5ccc(-c6ccc(-c7ccc8c(c7)ncc7ccccc78)cc6)cc5)c4)n3)cc2)cc1. The third kappa shape index (κ3) is 7.31. The molecule has 0 bridgehead atoms. The van der Waals surface area contributed by atoms with Crippen molar-refractivity contribution in [2.24, 2.45) is 0 Å². The minimum Gasteiger partial charge on any atom is -0.256 e. The zero-order valence-corrected chi connectivity index (χ0v) is 33.7. The van der Waals surface area contributed by atoms with Crippen LogP contribution in [0.4, 0.5) is 0 Å². The Morgan fingerprint density at radius 2 is 0.581 bits per heavy atom. The van der Waals surface area contributed by atoms with Gasteiger partial charge in [-0.05, 0) is 73.2 Å². The van der Waals surface area contributed by atoms with Crippen molar-refractivity contribution in [1.29, 1.82) is 0 Å². The second-order valence-electron chi connectivity index (χ2n) is 15.5. The molecule has 0 aliphatic rings. The first kappa shape index (κ1) is 36.7. The Morgan fingerprint density at radius 1 is 0.226 bits per heavy atom. The third-order valence-electron chi connectivity index (χ3n) is 11.6. The second-order valence-corrected chi connectivity index (χ2v) is 15.5. The van der Waals surface area contributed by atoms with Crippen LogP contribution in [0.1, 0.15) is 0 Å². The van der Waals surface area contributed by atoms with Gasteiger partial charge < -0.3 is 0 Å². The Morgan fingerprint density at radius 3 is 1.10 bits per heavy atom. The quantitative estimate of drug-likeness (QED) is 0.144. The monoisotopic (exact) mass is 790 g/mol. The van der Waals surface area contributed by atoms with Gasteiger partial charge in [-0.3, -0.25) is 4.98 Å². The highest BCUT2D eigenvalue weighted by molar-refractivity contribution is 6.06. The number of benzene rings is 9. The van der Waals surface area contributed by atoms with Gasteiger partial charge in [0.2, 0.25) is 0 Å². The number of hydrogen-bond acceptors (Lipinski definition) is 4. The molecule has 4 heteroatoms. The lowest BCUT2D eigenvalue weighted by Crippen LogP contribution is -2.00. The molecule has 0 fully saturated rings. The van der Waals surface area contributed by atoms with Crippen molar-refractivity contribution in [3.05, 3.63) is 231 Å². The predicted octanol–water partition coefficient (Wildman–Crippen LogP) is 14.9. The minimum absolute atomic E-state index is 0.623. The van der Waals surface area contributed by atoms with E-state index in [4.69, 9.17) is 19.9 Å². The molecular formula is C58H38N4. The maximum Gasteiger partial charge on any atom is 0.164 e. The molecule has 62 heavy (non-hydrogen) atoms. The molecule has 2 heterocycles. The van der Waals surface area contributed by atoms with Gasteiger partial charge in [0.15, 0.2) is 17.5 Å². The molecule has 0 aliphatic heterocycles. The van der Waals surface area contributed by atoms with E-state index < -0.39 is 0 Å². The van der Waals surface area contributed by atoms with E-state index in [-0.39, 0.29) is 0 Å². The van der Waals surface area contributed by atoms with Gasteiger partial charge in [-0.15, -0.1) is 0 Å². The van der Waals surface area contributed by atoms with E-state index in [2.05, 4.69) is 212 Å². The van der Waals surface area contributed by atoms with Crippen molar-refractivity contribution in [3.8, 4) is 89.8 Å². The Balaban J connectivity index is 0.885. The van der Waals surface area contributed by atoms with E-state index in [1.54, 1.807) is 0 Å². The number of aromatic nitrogens is 4. The minimum atomic E-state index is 0.623. The molecule has 0 saturated carbocycles. The van der Waals surface area contributed by atoms with Crippen LogP contribution in [0.5, 0.6) is 0 Å². The van der Waals surface area contributed by atoms with Crippen molar-refractivity contribution in [2.75, 3.05) is 0 Å². The highest BCUT2D eigenvalue weighted by Gasteiger charge is 2.14. The average Bonchev–Trinajstić information content (AvgIpc) is 3.37. The summed E-state index contributed by atoms with van der Waals surface area (Å²) in [5, 5.41) is 3.56. The van der Waals surface area contributed by atoms with Gasteiger partial charge in [0.25, 0.3) is 0 Å². The predicted molar refractivity (Wildman–Crippen MR) is 256 cm³/mol. The van der Waals surface area contributed by atoms with Crippen molar-refractivity contribution in [1.82, 2.24) is 19.9 Å². The molecule has 0 aliphatic carbocycles. The maximum absolute atomic E-state index is 5.09. The van der Waals surface area contributed by atoms with Gasteiger partial charge in [0.05, 0.1) is 5.52 Å². The largest absolute Gasteiger partial charge is 0.256 e. The third-order valence-corrected chi connectivity index (χ3v) is 11.6. The van der Waals surface area contributed by atoms with Crippen molar-refractivity contribution in [3.63, 3.8) is 0 Å². The first-order chi connectivity index (χ1) is 30.7. The van der Waals surface area contributed by atoms with Crippen molar-refractivity contribution >= 4 is 21.7 Å². The Bertz CT molecular complexity index is 3240. The summed E-state index contributed by atoms with van der Waals surface area (Å²) < 4.78 is 0. The van der Waals surface area contributed by atoms with Crippen LogP contribution in [-0.4, -0.2) is 19.9 Å². The zero-order valence-electron chi connectivity index (χ0n) is 33.7.